The number of amides is 2. The van der Waals surface area contributed by atoms with Gasteiger partial charge in [-0.1, -0.05) is 36.4 Å². The van der Waals surface area contributed by atoms with Crippen molar-refractivity contribution in [1.29, 1.82) is 0 Å². The molecule has 0 aliphatic rings. The molecule has 2 aromatic carbocycles. The van der Waals surface area contributed by atoms with Gasteiger partial charge in [0, 0.05) is 6.54 Å². The van der Waals surface area contributed by atoms with Crippen molar-refractivity contribution in [2.75, 3.05) is 11.9 Å². The van der Waals surface area contributed by atoms with Crippen molar-refractivity contribution in [3.8, 4) is 5.75 Å². The molecule has 2 rings (SSSR count). The number of aliphatic hydroxyl groups is 1. The Morgan fingerprint density at radius 2 is 1.75 bits per heavy atom. The topological polar surface area (TPSA) is 70.6 Å². The van der Waals surface area contributed by atoms with Gasteiger partial charge in [0.2, 0.25) is 0 Å². The third-order valence-corrected chi connectivity index (χ3v) is 3.23. The van der Waals surface area contributed by atoms with Crippen molar-refractivity contribution in [2.45, 2.75) is 19.6 Å². The van der Waals surface area contributed by atoms with Crippen LogP contribution >= 0.6 is 0 Å². The van der Waals surface area contributed by atoms with Crippen molar-refractivity contribution in [2.24, 2.45) is 0 Å². The number of ether oxygens (including phenoxy) is 1. The summed E-state index contributed by atoms with van der Waals surface area (Å²) in [6, 6.07) is 13.0. The van der Waals surface area contributed by atoms with Crippen LogP contribution in [0.4, 0.5) is 19.3 Å². The van der Waals surface area contributed by atoms with Crippen LogP contribution in [0.5, 0.6) is 5.75 Å². The van der Waals surface area contributed by atoms with Crippen LogP contribution < -0.4 is 15.4 Å². The highest BCUT2D eigenvalue weighted by Gasteiger charge is 2.10. The van der Waals surface area contributed by atoms with Gasteiger partial charge in [-0.3, -0.25) is 0 Å². The van der Waals surface area contributed by atoms with Crippen LogP contribution in [0.1, 0.15) is 11.1 Å². The zero-order valence-corrected chi connectivity index (χ0v) is 12.8. The molecule has 0 unspecified atom stereocenters. The minimum atomic E-state index is -2.60. The summed E-state index contributed by atoms with van der Waals surface area (Å²) >= 11 is 0. The summed E-state index contributed by atoms with van der Waals surface area (Å²) in [7, 11) is 0. The molecular formula is C17H18F2N2O3. The van der Waals surface area contributed by atoms with E-state index < -0.39 is 19.1 Å². The number of anilines is 1. The van der Waals surface area contributed by atoms with Gasteiger partial charge in [0.05, 0.1) is 12.3 Å². The molecule has 0 fully saturated rings. The predicted octanol–water partition coefficient (Wildman–Crippen LogP) is 3.14. The van der Waals surface area contributed by atoms with Crippen molar-refractivity contribution >= 4 is 11.7 Å². The number of aliphatic hydroxyl groups excluding tert-OH is 1. The van der Waals surface area contributed by atoms with Crippen LogP contribution in [0.2, 0.25) is 0 Å². The zero-order chi connectivity index (χ0) is 17.4. The first-order valence-electron chi connectivity index (χ1n) is 7.32. The highest BCUT2D eigenvalue weighted by atomic mass is 19.3. The lowest BCUT2D eigenvalue weighted by atomic mass is 10.1. The summed E-state index contributed by atoms with van der Waals surface area (Å²) < 4.78 is 29.5. The second kappa shape index (κ2) is 8.83. The molecule has 2 aromatic rings. The molecule has 0 spiro atoms. The van der Waals surface area contributed by atoms with E-state index in [1.807, 2.05) is 6.07 Å². The smallest absolute Gasteiger partial charge is 0.319 e. The van der Waals surface area contributed by atoms with Crippen LogP contribution in [0, 0.1) is 0 Å². The first-order valence-corrected chi connectivity index (χ1v) is 7.32. The normalized spacial score (nSPS) is 10.5. The number of hydrogen-bond donors (Lipinski definition) is 3. The SMILES string of the molecule is O=C(NCc1ccccc1CO)Nc1ccccc1OCC(F)F. The number of hydrogen-bond acceptors (Lipinski definition) is 3. The Morgan fingerprint density at radius 3 is 2.46 bits per heavy atom. The lowest BCUT2D eigenvalue weighted by molar-refractivity contribution is 0.0823. The van der Waals surface area contributed by atoms with Crippen molar-refractivity contribution < 1.29 is 23.4 Å². The van der Waals surface area contributed by atoms with Crippen LogP contribution in [-0.4, -0.2) is 24.2 Å². The summed E-state index contributed by atoms with van der Waals surface area (Å²) in [6.07, 6.45) is -2.60. The first-order chi connectivity index (χ1) is 11.6. The maximum atomic E-state index is 12.2. The van der Waals surface area contributed by atoms with Crippen LogP contribution in [0.25, 0.3) is 0 Å². The Morgan fingerprint density at radius 1 is 1.08 bits per heavy atom. The molecule has 0 radical (unpaired) electrons. The predicted molar refractivity (Wildman–Crippen MR) is 86.2 cm³/mol. The van der Waals surface area contributed by atoms with Crippen molar-refractivity contribution in [3.05, 3.63) is 59.7 Å². The molecule has 0 aromatic heterocycles. The number of urea groups is 1. The monoisotopic (exact) mass is 336 g/mol. The lowest BCUT2D eigenvalue weighted by Gasteiger charge is -2.13. The average molecular weight is 336 g/mol. The third-order valence-electron chi connectivity index (χ3n) is 3.23. The molecule has 2 amide bonds. The molecule has 24 heavy (non-hydrogen) atoms. The van der Waals surface area contributed by atoms with Gasteiger partial charge in [-0.05, 0) is 23.3 Å². The molecular weight excluding hydrogens is 318 g/mol. The van der Waals surface area contributed by atoms with E-state index in [0.717, 1.165) is 11.1 Å². The fourth-order valence-electron chi connectivity index (χ4n) is 2.07. The third kappa shape index (κ3) is 5.20. The molecule has 3 N–H and O–H groups in total. The number of carbonyl (C=O) groups excluding carboxylic acids is 1. The van der Waals surface area contributed by atoms with Crippen LogP contribution in [-0.2, 0) is 13.2 Å². The molecule has 0 saturated heterocycles. The first kappa shape index (κ1) is 17.7. The summed E-state index contributed by atoms with van der Waals surface area (Å²) in [5.41, 5.74) is 1.81. The number of benzene rings is 2. The minimum absolute atomic E-state index is 0.121. The maximum Gasteiger partial charge on any atom is 0.319 e. The number of alkyl halides is 2. The number of nitrogens with one attached hydrogen (secondary N) is 2. The van der Waals surface area contributed by atoms with E-state index in [-0.39, 0.29) is 18.9 Å². The highest BCUT2D eigenvalue weighted by Crippen LogP contribution is 2.24. The fraction of sp³-hybridized carbons (Fsp3) is 0.235. The molecule has 0 aliphatic carbocycles. The Balaban J connectivity index is 1.95. The Kier molecular flexibility index (Phi) is 6.51. The Hall–Kier alpha value is -2.67. The van der Waals surface area contributed by atoms with E-state index in [0.29, 0.717) is 5.69 Å². The largest absolute Gasteiger partial charge is 0.485 e. The molecule has 0 bridgehead atoms. The molecule has 0 atom stereocenters. The number of para-hydroxylation sites is 2. The second-order valence-electron chi connectivity index (χ2n) is 4.93. The average Bonchev–Trinajstić information content (AvgIpc) is 2.59. The molecule has 0 aliphatic heterocycles. The van der Waals surface area contributed by atoms with Gasteiger partial charge in [0.1, 0.15) is 12.4 Å². The van der Waals surface area contributed by atoms with Crippen LogP contribution in [0.15, 0.2) is 48.5 Å². The maximum absolute atomic E-state index is 12.2. The van der Waals surface area contributed by atoms with E-state index >= 15 is 0 Å². The minimum Gasteiger partial charge on any atom is -0.485 e. The van der Waals surface area contributed by atoms with Gasteiger partial charge in [0.25, 0.3) is 6.43 Å². The van der Waals surface area contributed by atoms with E-state index in [4.69, 9.17) is 4.74 Å². The summed E-state index contributed by atoms with van der Waals surface area (Å²) in [6.45, 7) is -0.642. The number of rotatable bonds is 7. The molecule has 5 nitrogen and oxygen atoms in total. The number of carbonyl (C=O) groups is 1. The van der Waals surface area contributed by atoms with Gasteiger partial charge >= 0.3 is 6.03 Å². The van der Waals surface area contributed by atoms with E-state index in [9.17, 15) is 18.7 Å². The van der Waals surface area contributed by atoms with Crippen LogP contribution in [0.3, 0.4) is 0 Å². The standard InChI is InChI=1S/C17H18F2N2O3/c18-16(19)11-24-15-8-4-3-7-14(15)21-17(23)20-9-12-5-1-2-6-13(12)10-22/h1-8,16,22H,9-11H2,(H2,20,21,23). The highest BCUT2D eigenvalue weighted by molar-refractivity contribution is 5.90. The summed E-state index contributed by atoms with van der Waals surface area (Å²) in [5, 5.41) is 14.5. The molecule has 0 heterocycles. The Bertz CT molecular complexity index is 680. The van der Waals surface area contributed by atoms with E-state index in [1.165, 1.54) is 6.07 Å². The molecule has 0 saturated carbocycles. The van der Waals surface area contributed by atoms with E-state index in [1.54, 1.807) is 36.4 Å². The Labute approximate surface area is 138 Å². The van der Waals surface area contributed by atoms with Gasteiger partial charge in [-0.25, -0.2) is 13.6 Å². The fourth-order valence-corrected chi connectivity index (χ4v) is 2.07. The number of halogens is 2. The lowest BCUT2D eigenvalue weighted by Crippen LogP contribution is -2.28. The van der Waals surface area contributed by atoms with Crippen molar-refractivity contribution in [3.63, 3.8) is 0 Å². The quantitative estimate of drug-likeness (QED) is 0.727. The van der Waals surface area contributed by atoms with E-state index in [2.05, 4.69) is 10.6 Å². The zero-order valence-electron chi connectivity index (χ0n) is 12.8. The summed E-state index contributed by atoms with van der Waals surface area (Å²) in [4.78, 5) is 12.0. The summed E-state index contributed by atoms with van der Waals surface area (Å²) in [5.74, 6) is 0.170. The molecule has 128 valence electrons. The van der Waals surface area contributed by atoms with Gasteiger partial charge < -0.3 is 20.5 Å². The molecule has 7 heteroatoms. The van der Waals surface area contributed by atoms with Gasteiger partial charge in [0.15, 0.2) is 0 Å². The van der Waals surface area contributed by atoms with Gasteiger partial charge in [-0.2, -0.15) is 0 Å². The van der Waals surface area contributed by atoms with Gasteiger partial charge in [-0.15, -0.1) is 0 Å². The van der Waals surface area contributed by atoms with Crippen molar-refractivity contribution in [1.82, 2.24) is 5.32 Å². The second-order valence-corrected chi connectivity index (χ2v) is 4.93.